The Hall–Kier alpha value is -1.39. The number of hydrogen-bond acceptors (Lipinski definition) is 2. The predicted octanol–water partition coefficient (Wildman–Crippen LogP) is 3.20. The molecule has 2 nitrogen and oxygen atoms in total. The minimum atomic E-state index is -4.48. The Morgan fingerprint density at radius 1 is 1.20 bits per heavy atom. The molecule has 5 heteroatoms. The van der Waals surface area contributed by atoms with Gasteiger partial charge in [-0.05, 0) is 26.0 Å². The zero-order chi connectivity index (χ0) is 11.6. The molecule has 0 aliphatic carbocycles. The molecule has 0 amide bonds. The van der Waals surface area contributed by atoms with E-state index in [0.717, 1.165) is 12.1 Å². The summed E-state index contributed by atoms with van der Waals surface area (Å²) in [6.07, 6.45) is -4.72. The molecular weight excluding hydrogens is 209 g/mol. The number of phenolic OH excluding ortho intramolecular Hbond substituents is 1. The van der Waals surface area contributed by atoms with Crippen molar-refractivity contribution in [3.63, 3.8) is 0 Å². The highest BCUT2D eigenvalue weighted by Gasteiger charge is 2.31. The number of benzene rings is 1. The van der Waals surface area contributed by atoms with Crippen molar-refractivity contribution < 1.29 is 23.0 Å². The van der Waals surface area contributed by atoms with Crippen LogP contribution in [0.1, 0.15) is 19.4 Å². The number of phenols is 1. The Kier molecular flexibility index (Phi) is 3.12. The van der Waals surface area contributed by atoms with E-state index in [1.807, 2.05) is 0 Å². The van der Waals surface area contributed by atoms with E-state index in [2.05, 4.69) is 0 Å². The molecule has 1 rings (SSSR count). The second-order valence-corrected chi connectivity index (χ2v) is 3.38. The van der Waals surface area contributed by atoms with Gasteiger partial charge in [-0.15, -0.1) is 0 Å². The molecule has 0 heterocycles. The third kappa shape index (κ3) is 3.34. The SMILES string of the molecule is CC(C)Oc1cc(O)cc(C(F)(F)F)c1. The number of alkyl halides is 3. The number of hydrogen-bond donors (Lipinski definition) is 1. The van der Waals surface area contributed by atoms with Gasteiger partial charge in [-0.3, -0.25) is 0 Å². The molecule has 0 saturated carbocycles. The summed E-state index contributed by atoms with van der Waals surface area (Å²) >= 11 is 0. The highest BCUT2D eigenvalue weighted by atomic mass is 19.4. The summed E-state index contributed by atoms with van der Waals surface area (Å²) in [4.78, 5) is 0. The van der Waals surface area contributed by atoms with E-state index in [9.17, 15) is 13.2 Å². The van der Waals surface area contributed by atoms with Gasteiger partial charge in [-0.2, -0.15) is 13.2 Å². The van der Waals surface area contributed by atoms with E-state index in [0.29, 0.717) is 6.07 Å². The first-order valence-electron chi connectivity index (χ1n) is 4.37. The van der Waals surface area contributed by atoms with E-state index >= 15 is 0 Å². The zero-order valence-electron chi connectivity index (χ0n) is 8.30. The van der Waals surface area contributed by atoms with Gasteiger partial charge < -0.3 is 9.84 Å². The second-order valence-electron chi connectivity index (χ2n) is 3.38. The first kappa shape index (κ1) is 11.7. The number of ether oxygens (including phenoxy) is 1. The smallest absolute Gasteiger partial charge is 0.416 e. The Morgan fingerprint density at radius 3 is 2.27 bits per heavy atom. The molecule has 15 heavy (non-hydrogen) atoms. The van der Waals surface area contributed by atoms with E-state index in [4.69, 9.17) is 9.84 Å². The third-order valence-electron chi connectivity index (χ3n) is 1.59. The van der Waals surface area contributed by atoms with Crippen molar-refractivity contribution in [3.05, 3.63) is 23.8 Å². The van der Waals surface area contributed by atoms with Crippen LogP contribution in [0.15, 0.2) is 18.2 Å². The summed E-state index contributed by atoms with van der Waals surface area (Å²) in [6.45, 7) is 3.38. The minimum absolute atomic E-state index is 0.0114. The van der Waals surface area contributed by atoms with Gasteiger partial charge in [0.05, 0.1) is 11.7 Å². The van der Waals surface area contributed by atoms with Crippen LogP contribution in [0.4, 0.5) is 13.2 Å². The second kappa shape index (κ2) is 4.00. The predicted molar refractivity (Wildman–Crippen MR) is 48.9 cm³/mol. The summed E-state index contributed by atoms with van der Waals surface area (Å²) in [7, 11) is 0. The molecule has 84 valence electrons. The average molecular weight is 220 g/mol. The van der Waals surface area contributed by atoms with Crippen LogP contribution in [-0.4, -0.2) is 11.2 Å². The third-order valence-corrected chi connectivity index (χ3v) is 1.59. The van der Waals surface area contributed by atoms with Gasteiger partial charge in [-0.25, -0.2) is 0 Å². The van der Waals surface area contributed by atoms with Crippen LogP contribution in [0.3, 0.4) is 0 Å². The maximum atomic E-state index is 12.3. The molecule has 0 fully saturated rings. The molecule has 1 N–H and O–H groups in total. The molecule has 0 unspecified atom stereocenters. The van der Waals surface area contributed by atoms with Crippen molar-refractivity contribution in [2.45, 2.75) is 26.1 Å². The van der Waals surface area contributed by atoms with Crippen LogP contribution in [-0.2, 0) is 6.18 Å². The van der Waals surface area contributed by atoms with Crippen LogP contribution >= 0.6 is 0 Å². The largest absolute Gasteiger partial charge is 0.508 e. The van der Waals surface area contributed by atoms with Gasteiger partial charge in [-0.1, -0.05) is 0 Å². The van der Waals surface area contributed by atoms with Gasteiger partial charge in [0.25, 0.3) is 0 Å². The molecule has 0 atom stereocenters. The number of aromatic hydroxyl groups is 1. The molecule has 0 bridgehead atoms. The van der Waals surface area contributed by atoms with Crippen molar-refractivity contribution in [2.75, 3.05) is 0 Å². The molecule has 0 aromatic heterocycles. The lowest BCUT2D eigenvalue weighted by molar-refractivity contribution is -0.137. The van der Waals surface area contributed by atoms with E-state index in [-0.39, 0.29) is 11.9 Å². The quantitative estimate of drug-likeness (QED) is 0.829. The fourth-order valence-electron chi connectivity index (χ4n) is 1.09. The van der Waals surface area contributed by atoms with Crippen LogP contribution in [0.2, 0.25) is 0 Å². The Labute approximate surface area is 85.3 Å². The minimum Gasteiger partial charge on any atom is -0.508 e. The Balaban J connectivity index is 3.06. The Bertz CT molecular complexity index is 345. The van der Waals surface area contributed by atoms with Crippen LogP contribution in [0.25, 0.3) is 0 Å². The van der Waals surface area contributed by atoms with E-state index < -0.39 is 17.5 Å². The standard InChI is InChI=1S/C10H11F3O2/c1-6(2)15-9-4-7(10(11,12)13)3-8(14)5-9/h3-6,14H,1-2H3. The lowest BCUT2D eigenvalue weighted by Crippen LogP contribution is -2.08. The molecule has 0 aliphatic rings. The average Bonchev–Trinajstić information content (AvgIpc) is 1.99. The van der Waals surface area contributed by atoms with Crippen molar-refractivity contribution in [1.82, 2.24) is 0 Å². The number of rotatable bonds is 2. The topological polar surface area (TPSA) is 29.5 Å². The molecule has 1 aromatic carbocycles. The maximum Gasteiger partial charge on any atom is 0.416 e. The normalized spacial score (nSPS) is 11.9. The van der Waals surface area contributed by atoms with E-state index in [1.165, 1.54) is 0 Å². The summed E-state index contributed by atoms with van der Waals surface area (Å²) in [6, 6.07) is 2.67. The van der Waals surface area contributed by atoms with Crippen molar-refractivity contribution in [2.24, 2.45) is 0 Å². The molecule has 0 radical (unpaired) electrons. The lowest BCUT2D eigenvalue weighted by Gasteiger charge is -2.13. The van der Waals surface area contributed by atoms with Crippen molar-refractivity contribution in [3.8, 4) is 11.5 Å². The molecular formula is C10H11F3O2. The van der Waals surface area contributed by atoms with Gasteiger partial charge >= 0.3 is 6.18 Å². The summed E-state index contributed by atoms with van der Waals surface area (Å²) in [5, 5.41) is 9.09. The zero-order valence-corrected chi connectivity index (χ0v) is 8.30. The molecule has 0 spiro atoms. The van der Waals surface area contributed by atoms with Gasteiger partial charge in [0.2, 0.25) is 0 Å². The van der Waals surface area contributed by atoms with Gasteiger partial charge in [0, 0.05) is 6.07 Å². The lowest BCUT2D eigenvalue weighted by atomic mass is 10.2. The van der Waals surface area contributed by atoms with E-state index in [1.54, 1.807) is 13.8 Å². The van der Waals surface area contributed by atoms with Crippen molar-refractivity contribution in [1.29, 1.82) is 0 Å². The summed E-state index contributed by atoms with van der Waals surface area (Å²) in [5.41, 5.74) is -0.918. The summed E-state index contributed by atoms with van der Waals surface area (Å²) < 4.78 is 42.0. The van der Waals surface area contributed by atoms with Crippen molar-refractivity contribution >= 4 is 0 Å². The highest BCUT2D eigenvalue weighted by Crippen LogP contribution is 2.34. The monoisotopic (exact) mass is 220 g/mol. The Morgan fingerprint density at radius 2 is 1.80 bits per heavy atom. The van der Waals surface area contributed by atoms with Crippen LogP contribution < -0.4 is 4.74 Å². The van der Waals surface area contributed by atoms with Gasteiger partial charge in [0.15, 0.2) is 0 Å². The maximum absolute atomic E-state index is 12.3. The molecule has 0 saturated heterocycles. The number of halogens is 3. The molecule has 1 aromatic rings. The van der Waals surface area contributed by atoms with Gasteiger partial charge in [0.1, 0.15) is 11.5 Å². The highest BCUT2D eigenvalue weighted by molar-refractivity contribution is 5.38. The van der Waals surface area contributed by atoms with Crippen LogP contribution in [0, 0.1) is 0 Å². The fraction of sp³-hybridized carbons (Fsp3) is 0.400. The van der Waals surface area contributed by atoms with Crippen LogP contribution in [0.5, 0.6) is 11.5 Å². The first-order valence-corrected chi connectivity index (χ1v) is 4.37. The fourth-order valence-corrected chi connectivity index (χ4v) is 1.09. The first-order chi connectivity index (χ1) is 6.79. The summed E-state index contributed by atoms with van der Waals surface area (Å²) in [5.74, 6) is -0.446. The molecule has 0 aliphatic heterocycles.